The third kappa shape index (κ3) is 3.16. The Bertz CT molecular complexity index is 985. The third-order valence-electron chi connectivity index (χ3n) is 6.04. The normalized spacial score (nSPS) is 14.9. The molecule has 1 aromatic heterocycles. The van der Waals surface area contributed by atoms with E-state index in [9.17, 15) is 4.79 Å². The fourth-order valence-corrected chi connectivity index (χ4v) is 4.33. The average Bonchev–Trinajstić information content (AvgIpc) is 2.99. The van der Waals surface area contributed by atoms with E-state index < -0.39 is 0 Å². The predicted octanol–water partition coefficient (Wildman–Crippen LogP) is 4.91. The first-order valence-electron chi connectivity index (χ1n) is 9.98. The second-order valence-electron chi connectivity index (χ2n) is 7.80. The molecule has 4 rings (SSSR count). The van der Waals surface area contributed by atoms with Crippen molar-refractivity contribution < 1.29 is 4.79 Å². The highest BCUT2D eigenvalue weighted by Gasteiger charge is 2.27. The number of carbonyl (C=O) groups is 1. The summed E-state index contributed by atoms with van der Waals surface area (Å²) < 4.78 is 2.31. The van der Waals surface area contributed by atoms with Crippen molar-refractivity contribution in [1.82, 2.24) is 9.47 Å². The Kier molecular flexibility index (Phi) is 4.77. The van der Waals surface area contributed by atoms with Crippen LogP contribution in [0.5, 0.6) is 0 Å². The SMILES string of the molecule is Cc1ccc2c3c(n(CCc4ccccc4)c2c1C)C(=O)N(C)CCCC3. The van der Waals surface area contributed by atoms with E-state index in [2.05, 4.69) is 60.9 Å². The Morgan fingerprint density at radius 1 is 1.00 bits per heavy atom. The van der Waals surface area contributed by atoms with Crippen LogP contribution in [-0.2, 0) is 19.4 Å². The lowest BCUT2D eigenvalue weighted by Crippen LogP contribution is -2.32. The number of carbonyl (C=O) groups excluding carboxylic acids is 1. The second kappa shape index (κ2) is 7.22. The summed E-state index contributed by atoms with van der Waals surface area (Å²) in [6.45, 7) is 6.03. The summed E-state index contributed by atoms with van der Waals surface area (Å²) in [4.78, 5) is 15.2. The van der Waals surface area contributed by atoms with Crippen LogP contribution in [0.3, 0.4) is 0 Å². The molecule has 2 aromatic carbocycles. The zero-order valence-electron chi connectivity index (χ0n) is 16.6. The number of aryl methyl sites for hydroxylation is 5. The number of aromatic nitrogens is 1. The Hall–Kier alpha value is -2.55. The van der Waals surface area contributed by atoms with Gasteiger partial charge in [-0.15, -0.1) is 0 Å². The average molecular weight is 361 g/mol. The van der Waals surface area contributed by atoms with Crippen LogP contribution in [0.25, 0.3) is 10.9 Å². The number of nitrogens with zero attached hydrogens (tertiary/aromatic N) is 2. The molecule has 1 amide bonds. The predicted molar refractivity (Wildman–Crippen MR) is 111 cm³/mol. The number of amides is 1. The van der Waals surface area contributed by atoms with Gasteiger partial charge in [-0.2, -0.15) is 0 Å². The van der Waals surface area contributed by atoms with Crippen LogP contribution < -0.4 is 0 Å². The van der Waals surface area contributed by atoms with Gasteiger partial charge in [-0.25, -0.2) is 0 Å². The molecule has 140 valence electrons. The van der Waals surface area contributed by atoms with Crippen molar-refractivity contribution in [3.8, 4) is 0 Å². The highest BCUT2D eigenvalue weighted by atomic mass is 16.2. The molecule has 0 N–H and O–H groups in total. The van der Waals surface area contributed by atoms with Crippen LogP contribution in [0.2, 0.25) is 0 Å². The summed E-state index contributed by atoms with van der Waals surface area (Å²) in [7, 11) is 1.94. The van der Waals surface area contributed by atoms with Crippen molar-refractivity contribution in [2.24, 2.45) is 0 Å². The molecule has 2 heterocycles. The molecule has 0 fully saturated rings. The molecule has 3 heteroatoms. The first-order valence-corrected chi connectivity index (χ1v) is 9.98. The van der Waals surface area contributed by atoms with Gasteiger partial charge in [-0.05, 0) is 61.8 Å². The van der Waals surface area contributed by atoms with Crippen LogP contribution in [0.4, 0.5) is 0 Å². The molecule has 0 radical (unpaired) electrons. The first-order chi connectivity index (χ1) is 13.1. The molecular weight excluding hydrogens is 332 g/mol. The zero-order chi connectivity index (χ0) is 19.0. The van der Waals surface area contributed by atoms with E-state index in [4.69, 9.17) is 0 Å². The molecule has 1 aliphatic heterocycles. The molecule has 0 atom stereocenters. The van der Waals surface area contributed by atoms with E-state index in [-0.39, 0.29) is 5.91 Å². The van der Waals surface area contributed by atoms with E-state index in [0.717, 1.165) is 44.5 Å². The number of fused-ring (bicyclic) bond motifs is 3. The zero-order valence-corrected chi connectivity index (χ0v) is 16.6. The van der Waals surface area contributed by atoms with Crippen molar-refractivity contribution in [3.63, 3.8) is 0 Å². The van der Waals surface area contributed by atoms with Crippen LogP contribution in [0.1, 0.15) is 45.6 Å². The molecule has 0 unspecified atom stereocenters. The summed E-state index contributed by atoms with van der Waals surface area (Å²) >= 11 is 0. The van der Waals surface area contributed by atoms with Crippen molar-refractivity contribution in [2.45, 2.75) is 46.1 Å². The van der Waals surface area contributed by atoms with E-state index in [1.807, 2.05) is 11.9 Å². The summed E-state index contributed by atoms with van der Waals surface area (Å²) in [5, 5.41) is 1.27. The van der Waals surface area contributed by atoms with Crippen LogP contribution >= 0.6 is 0 Å². The van der Waals surface area contributed by atoms with Gasteiger partial charge in [0, 0.05) is 25.5 Å². The minimum atomic E-state index is 0.172. The van der Waals surface area contributed by atoms with Crippen molar-refractivity contribution in [1.29, 1.82) is 0 Å². The Morgan fingerprint density at radius 2 is 1.78 bits per heavy atom. The molecule has 0 bridgehead atoms. The summed E-state index contributed by atoms with van der Waals surface area (Å²) in [6.07, 6.45) is 4.13. The highest BCUT2D eigenvalue weighted by molar-refractivity contribution is 6.02. The van der Waals surface area contributed by atoms with Gasteiger partial charge in [0.05, 0.1) is 5.52 Å². The van der Waals surface area contributed by atoms with Gasteiger partial charge in [-0.1, -0.05) is 42.5 Å². The van der Waals surface area contributed by atoms with Crippen molar-refractivity contribution >= 4 is 16.8 Å². The van der Waals surface area contributed by atoms with E-state index in [1.54, 1.807) is 0 Å². The molecule has 0 spiro atoms. The molecule has 0 saturated heterocycles. The molecule has 0 saturated carbocycles. The Labute approximate surface area is 161 Å². The van der Waals surface area contributed by atoms with E-state index in [1.165, 1.54) is 33.2 Å². The van der Waals surface area contributed by atoms with Crippen molar-refractivity contribution in [2.75, 3.05) is 13.6 Å². The third-order valence-corrected chi connectivity index (χ3v) is 6.04. The van der Waals surface area contributed by atoms with E-state index in [0.29, 0.717) is 0 Å². The van der Waals surface area contributed by atoms with E-state index >= 15 is 0 Å². The van der Waals surface area contributed by atoms with Gasteiger partial charge in [-0.3, -0.25) is 4.79 Å². The van der Waals surface area contributed by atoms with Gasteiger partial charge in [0.2, 0.25) is 0 Å². The maximum absolute atomic E-state index is 13.3. The summed E-state index contributed by atoms with van der Waals surface area (Å²) in [5.41, 5.74) is 7.30. The van der Waals surface area contributed by atoms with Crippen molar-refractivity contribution in [3.05, 3.63) is 70.4 Å². The van der Waals surface area contributed by atoms with Crippen LogP contribution in [-0.4, -0.2) is 29.0 Å². The first kappa shape index (κ1) is 17.8. The highest BCUT2D eigenvalue weighted by Crippen LogP contribution is 2.33. The number of hydrogen-bond donors (Lipinski definition) is 0. The molecular formula is C24H28N2O. The standard InChI is InChI=1S/C24H28N2O/c1-17-12-13-21-20-11-7-8-15-25(3)24(27)23(20)26(22(21)18(17)2)16-14-19-9-5-4-6-10-19/h4-6,9-10,12-13H,7-8,11,14-16H2,1-3H3. The molecule has 27 heavy (non-hydrogen) atoms. The molecule has 3 nitrogen and oxygen atoms in total. The monoisotopic (exact) mass is 360 g/mol. The van der Waals surface area contributed by atoms with Crippen LogP contribution in [0.15, 0.2) is 42.5 Å². The van der Waals surface area contributed by atoms with Gasteiger partial charge in [0.15, 0.2) is 0 Å². The molecule has 0 aliphatic carbocycles. The van der Waals surface area contributed by atoms with Gasteiger partial charge < -0.3 is 9.47 Å². The number of benzene rings is 2. The number of rotatable bonds is 3. The van der Waals surface area contributed by atoms with Gasteiger partial charge in [0.1, 0.15) is 5.69 Å². The molecule has 3 aromatic rings. The lowest BCUT2D eigenvalue weighted by atomic mass is 9.99. The maximum Gasteiger partial charge on any atom is 0.270 e. The smallest absolute Gasteiger partial charge is 0.270 e. The Morgan fingerprint density at radius 3 is 2.56 bits per heavy atom. The minimum Gasteiger partial charge on any atom is -0.340 e. The maximum atomic E-state index is 13.3. The largest absolute Gasteiger partial charge is 0.340 e. The van der Waals surface area contributed by atoms with Gasteiger partial charge in [0.25, 0.3) is 5.91 Å². The fraction of sp³-hybridized carbons (Fsp3) is 0.375. The second-order valence-corrected chi connectivity index (χ2v) is 7.80. The number of hydrogen-bond acceptors (Lipinski definition) is 1. The Balaban J connectivity index is 1.90. The quantitative estimate of drug-likeness (QED) is 0.651. The topological polar surface area (TPSA) is 25.2 Å². The van der Waals surface area contributed by atoms with Crippen LogP contribution in [0, 0.1) is 13.8 Å². The molecule has 1 aliphatic rings. The fourth-order valence-electron chi connectivity index (χ4n) is 4.33. The van der Waals surface area contributed by atoms with Gasteiger partial charge >= 0.3 is 0 Å². The lowest BCUT2D eigenvalue weighted by molar-refractivity contribution is 0.0777. The minimum absolute atomic E-state index is 0.172. The summed E-state index contributed by atoms with van der Waals surface area (Å²) in [6, 6.07) is 15.0. The lowest BCUT2D eigenvalue weighted by Gasteiger charge is -2.22. The summed E-state index contributed by atoms with van der Waals surface area (Å²) in [5.74, 6) is 0.172.